The summed E-state index contributed by atoms with van der Waals surface area (Å²) in [6.45, 7) is 0. The number of nitrogens with zero attached hydrogens (tertiary/aromatic N) is 4. The first kappa shape index (κ1) is 28.9. The topological polar surface area (TPSA) is 51.6 Å². The average molecular weight is 654 g/mol. The van der Waals surface area contributed by atoms with Crippen LogP contribution in [0.25, 0.3) is 22.3 Å². The highest BCUT2D eigenvalue weighted by molar-refractivity contribution is 6.32. The van der Waals surface area contributed by atoms with Crippen LogP contribution in [0.2, 0.25) is 20.9 Å². The molecule has 7 rings (SSSR count). The molecule has 4 aromatic carbocycles. The van der Waals surface area contributed by atoms with E-state index >= 15 is 0 Å². The number of rotatable bonds is 6. The van der Waals surface area contributed by atoms with Crippen molar-refractivity contribution in [3.05, 3.63) is 165 Å². The molecule has 0 saturated heterocycles. The predicted octanol–water partition coefficient (Wildman–Crippen LogP) is 10.7. The van der Waals surface area contributed by atoms with E-state index in [0.29, 0.717) is 10.3 Å². The van der Waals surface area contributed by atoms with E-state index < -0.39 is 0 Å². The third-order valence-electron chi connectivity index (χ3n) is 8.41. The zero-order chi connectivity index (χ0) is 30.2. The predicted molar refractivity (Wildman–Crippen MR) is 179 cm³/mol. The van der Waals surface area contributed by atoms with Gasteiger partial charge in [0.1, 0.15) is 10.3 Å². The number of halogens is 4. The number of aromatic nitrogens is 4. The molecule has 0 bridgehead atoms. The van der Waals surface area contributed by atoms with E-state index in [2.05, 4.69) is 92.7 Å². The van der Waals surface area contributed by atoms with Crippen molar-refractivity contribution in [1.29, 1.82) is 0 Å². The van der Waals surface area contributed by atoms with Crippen LogP contribution in [0.5, 0.6) is 0 Å². The van der Waals surface area contributed by atoms with Gasteiger partial charge in [0.15, 0.2) is 0 Å². The van der Waals surface area contributed by atoms with Gasteiger partial charge in [-0.05, 0) is 68.7 Å². The molecule has 1 fully saturated rings. The first-order valence-corrected chi connectivity index (χ1v) is 15.7. The van der Waals surface area contributed by atoms with Crippen LogP contribution in [-0.4, -0.2) is 19.9 Å². The summed E-state index contributed by atoms with van der Waals surface area (Å²) in [7, 11) is 0. The molecule has 44 heavy (non-hydrogen) atoms. The van der Waals surface area contributed by atoms with Crippen molar-refractivity contribution >= 4 is 46.4 Å². The lowest BCUT2D eigenvalue weighted by atomic mass is 9.50. The lowest BCUT2D eigenvalue weighted by molar-refractivity contribution is 0.220. The Morgan fingerprint density at radius 2 is 0.705 bits per heavy atom. The molecule has 6 aromatic rings. The van der Waals surface area contributed by atoms with E-state index in [-0.39, 0.29) is 34.2 Å². The van der Waals surface area contributed by atoms with Crippen molar-refractivity contribution in [1.82, 2.24) is 19.9 Å². The van der Waals surface area contributed by atoms with Gasteiger partial charge in [-0.2, -0.15) is 0 Å². The zero-order valence-corrected chi connectivity index (χ0v) is 26.2. The Hall–Kier alpha value is -3.80. The molecule has 1 aliphatic carbocycles. The Morgan fingerprint density at radius 1 is 0.364 bits per heavy atom. The standard InChI is InChI=1S/C36H24Cl4N4/c37-29-19-27(41-35(39)43-29)33-31(25-15-11-23(12-16-25)21-7-3-1-4-8-21)34(28-20-30(38)44-36(40)42-28)32(33)26-17-13-24(14-18-26)22-9-5-2-6-10-22/h1-20,31-34H/t31-,32-,33-,34-. The van der Waals surface area contributed by atoms with E-state index in [4.69, 9.17) is 46.4 Å². The summed E-state index contributed by atoms with van der Waals surface area (Å²) in [6.07, 6.45) is 0. The molecular weight excluding hydrogens is 630 g/mol. The molecule has 216 valence electrons. The summed E-state index contributed by atoms with van der Waals surface area (Å²) in [6, 6.07) is 41.6. The van der Waals surface area contributed by atoms with E-state index in [1.54, 1.807) is 0 Å². The number of hydrogen-bond donors (Lipinski definition) is 0. The Kier molecular flexibility index (Phi) is 8.09. The second-order valence-corrected chi connectivity index (χ2v) is 12.3. The van der Waals surface area contributed by atoms with Crippen LogP contribution in [0, 0.1) is 0 Å². The second-order valence-electron chi connectivity index (χ2n) is 10.8. The Morgan fingerprint density at radius 3 is 1.05 bits per heavy atom. The molecule has 0 unspecified atom stereocenters. The van der Waals surface area contributed by atoms with Gasteiger partial charge in [-0.1, -0.05) is 132 Å². The monoisotopic (exact) mass is 652 g/mol. The van der Waals surface area contributed by atoms with Crippen molar-refractivity contribution < 1.29 is 0 Å². The van der Waals surface area contributed by atoms with Gasteiger partial charge in [0.05, 0.1) is 11.4 Å². The van der Waals surface area contributed by atoms with E-state index in [9.17, 15) is 0 Å². The molecule has 4 nitrogen and oxygen atoms in total. The lowest BCUT2D eigenvalue weighted by Crippen LogP contribution is -2.41. The van der Waals surface area contributed by atoms with Gasteiger partial charge in [-0.15, -0.1) is 0 Å². The molecule has 0 spiro atoms. The van der Waals surface area contributed by atoms with Crippen LogP contribution in [0.15, 0.2) is 121 Å². The molecule has 2 heterocycles. The minimum absolute atomic E-state index is 0.0392. The fraction of sp³-hybridized carbons (Fsp3) is 0.111. The first-order valence-electron chi connectivity index (χ1n) is 14.2. The van der Waals surface area contributed by atoms with Gasteiger partial charge in [-0.3, -0.25) is 0 Å². The first-order chi connectivity index (χ1) is 21.4. The van der Waals surface area contributed by atoms with Gasteiger partial charge < -0.3 is 0 Å². The van der Waals surface area contributed by atoms with Crippen LogP contribution >= 0.6 is 46.4 Å². The van der Waals surface area contributed by atoms with Crippen molar-refractivity contribution in [2.24, 2.45) is 0 Å². The van der Waals surface area contributed by atoms with Gasteiger partial charge >= 0.3 is 0 Å². The Bertz CT molecular complexity index is 1730. The summed E-state index contributed by atoms with van der Waals surface area (Å²) in [5.41, 5.74) is 8.38. The third kappa shape index (κ3) is 5.71. The highest BCUT2D eigenvalue weighted by Crippen LogP contribution is 2.66. The summed E-state index contributed by atoms with van der Waals surface area (Å²) in [5, 5.41) is 0.821. The molecule has 0 amide bonds. The molecule has 1 aliphatic rings. The number of benzene rings is 4. The van der Waals surface area contributed by atoms with Crippen molar-refractivity contribution in [2.75, 3.05) is 0 Å². The fourth-order valence-corrected chi connectivity index (χ4v) is 7.37. The van der Waals surface area contributed by atoms with Crippen LogP contribution in [0.4, 0.5) is 0 Å². The highest BCUT2D eigenvalue weighted by atomic mass is 35.5. The largest absolute Gasteiger partial charge is 0.224 e. The van der Waals surface area contributed by atoms with Gasteiger partial charge in [0.2, 0.25) is 10.6 Å². The molecule has 1 saturated carbocycles. The van der Waals surface area contributed by atoms with Crippen LogP contribution in [0.1, 0.15) is 46.2 Å². The average Bonchev–Trinajstić information content (AvgIpc) is 3.01. The highest BCUT2D eigenvalue weighted by Gasteiger charge is 2.54. The summed E-state index contributed by atoms with van der Waals surface area (Å²) >= 11 is 25.6. The maximum atomic E-state index is 6.44. The minimum atomic E-state index is -0.0873. The van der Waals surface area contributed by atoms with Crippen molar-refractivity contribution in [2.45, 2.75) is 23.7 Å². The zero-order valence-electron chi connectivity index (χ0n) is 23.2. The molecule has 0 aliphatic heterocycles. The molecule has 0 radical (unpaired) electrons. The molecule has 0 N–H and O–H groups in total. The maximum absolute atomic E-state index is 6.44. The van der Waals surface area contributed by atoms with Crippen LogP contribution in [0.3, 0.4) is 0 Å². The SMILES string of the molecule is Clc1cc([C@H]2[C@H](c3ccc(-c4ccccc4)cc3)[C@H](c3cc(Cl)nc(Cl)n3)[C@H]2c2ccc(-c3ccccc3)cc2)nc(Cl)n1. The van der Waals surface area contributed by atoms with Crippen molar-refractivity contribution in [3.63, 3.8) is 0 Å². The Balaban J connectivity index is 1.37. The lowest BCUT2D eigenvalue weighted by Gasteiger charge is -2.52. The maximum Gasteiger partial charge on any atom is 0.224 e. The summed E-state index contributed by atoms with van der Waals surface area (Å²) in [4.78, 5) is 17.6. The minimum Gasteiger partial charge on any atom is -0.223 e. The van der Waals surface area contributed by atoms with Crippen LogP contribution in [-0.2, 0) is 0 Å². The molecular formula is C36H24Cl4N4. The third-order valence-corrected chi connectivity index (χ3v) is 9.14. The summed E-state index contributed by atoms with van der Waals surface area (Å²) < 4.78 is 0. The Labute approximate surface area is 275 Å². The van der Waals surface area contributed by atoms with E-state index in [0.717, 1.165) is 44.8 Å². The van der Waals surface area contributed by atoms with E-state index in [1.165, 1.54) is 0 Å². The smallest absolute Gasteiger partial charge is 0.223 e. The van der Waals surface area contributed by atoms with E-state index in [1.807, 2.05) is 48.5 Å². The normalized spacial score (nSPS) is 19.4. The number of hydrogen-bond acceptors (Lipinski definition) is 4. The second kappa shape index (κ2) is 12.3. The molecule has 2 aromatic heterocycles. The molecule has 8 heteroatoms. The van der Waals surface area contributed by atoms with Gasteiger partial charge in [0, 0.05) is 23.7 Å². The summed E-state index contributed by atoms with van der Waals surface area (Å²) in [5.74, 6) is -0.253. The van der Waals surface area contributed by atoms with Crippen LogP contribution < -0.4 is 0 Å². The van der Waals surface area contributed by atoms with Gasteiger partial charge in [-0.25, -0.2) is 19.9 Å². The van der Waals surface area contributed by atoms with Crippen molar-refractivity contribution in [3.8, 4) is 22.3 Å². The van der Waals surface area contributed by atoms with Gasteiger partial charge in [0.25, 0.3) is 0 Å². The molecule has 0 atom stereocenters. The quantitative estimate of drug-likeness (QED) is 0.133. The fourth-order valence-electron chi connectivity index (χ4n) is 6.52.